The van der Waals surface area contributed by atoms with Crippen LogP contribution in [0.2, 0.25) is 0 Å². The van der Waals surface area contributed by atoms with Gasteiger partial charge in [0.25, 0.3) is 5.91 Å². The van der Waals surface area contributed by atoms with Gasteiger partial charge in [0.05, 0.1) is 5.69 Å². The summed E-state index contributed by atoms with van der Waals surface area (Å²) >= 11 is 0. The van der Waals surface area contributed by atoms with Crippen molar-refractivity contribution in [2.75, 3.05) is 18.4 Å². The van der Waals surface area contributed by atoms with Crippen molar-refractivity contribution in [1.29, 1.82) is 0 Å². The molecule has 0 saturated carbocycles. The molecule has 0 radical (unpaired) electrons. The molecule has 1 aromatic carbocycles. The van der Waals surface area contributed by atoms with Crippen LogP contribution < -0.4 is 10.1 Å². The van der Waals surface area contributed by atoms with Crippen LogP contribution in [0.25, 0.3) is 0 Å². The van der Waals surface area contributed by atoms with E-state index in [2.05, 4.69) is 5.32 Å². The van der Waals surface area contributed by atoms with Gasteiger partial charge in [-0.2, -0.15) is 0 Å². The van der Waals surface area contributed by atoms with Gasteiger partial charge in [-0.05, 0) is 51.8 Å². The second kappa shape index (κ2) is 6.20. The Hall–Kier alpha value is -2.31. The molecule has 1 unspecified atom stereocenters. The lowest BCUT2D eigenvalue weighted by Crippen LogP contribution is -2.35. The summed E-state index contributed by atoms with van der Waals surface area (Å²) in [5, 5.41) is 2.67. The lowest BCUT2D eigenvalue weighted by Gasteiger charge is -2.26. The molecule has 6 nitrogen and oxygen atoms in total. The normalized spacial score (nSPS) is 22.9. The number of anilines is 1. The molecule has 2 atom stereocenters. The zero-order valence-corrected chi connectivity index (χ0v) is 14.9. The Morgan fingerprint density at radius 3 is 2.80 bits per heavy atom. The van der Waals surface area contributed by atoms with Crippen LogP contribution in [-0.4, -0.2) is 41.7 Å². The summed E-state index contributed by atoms with van der Waals surface area (Å²) in [4.78, 5) is 25.5. The highest BCUT2D eigenvalue weighted by molar-refractivity contribution is 5.97. The Morgan fingerprint density at radius 1 is 1.40 bits per heavy atom. The first-order valence-electron chi connectivity index (χ1n) is 8.43. The van der Waals surface area contributed by atoms with Crippen molar-refractivity contribution in [1.82, 2.24) is 4.90 Å². The molecule has 2 heterocycles. The number of carbonyl (C=O) groups excluding carboxylic acids is 2. The fourth-order valence-corrected chi connectivity index (χ4v) is 3.05. The lowest BCUT2D eigenvalue weighted by atomic mass is 9.97. The summed E-state index contributed by atoms with van der Waals surface area (Å²) < 4.78 is 25.1. The molecule has 0 bridgehead atoms. The SMILES string of the molecule is C[C@H]1Oc2c(F)cc(C3CCN(C(=O)OC(C)(C)C)C3)cc2NC1=O. The van der Waals surface area contributed by atoms with Crippen molar-refractivity contribution >= 4 is 17.7 Å². The number of nitrogens with one attached hydrogen (secondary N) is 1. The summed E-state index contributed by atoms with van der Waals surface area (Å²) in [6.45, 7) is 8.04. The highest BCUT2D eigenvalue weighted by Crippen LogP contribution is 2.38. The monoisotopic (exact) mass is 350 g/mol. The van der Waals surface area contributed by atoms with Gasteiger partial charge in [0.1, 0.15) is 5.60 Å². The standard InChI is InChI=1S/C18H23FN2O4/c1-10-16(22)20-14-8-12(7-13(19)15(14)24-10)11-5-6-21(9-11)17(23)25-18(2,3)4/h7-8,10-11H,5-6,9H2,1-4H3,(H,20,22)/t10-,11?/m1/s1. The minimum absolute atomic E-state index is 0.0106. The molecule has 1 saturated heterocycles. The maximum atomic E-state index is 14.4. The summed E-state index contributed by atoms with van der Waals surface area (Å²) in [5.41, 5.74) is 0.528. The molecule has 2 amide bonds. The fourth-order valence-electron chi connectivity index (χ4n) is 3.05. The van der Waals surface area contributed by atoms with E-state index >= 15 is 0 Å². The number of carbonyl (C=O) groups is 2. The maximum absolute atomic E-state index is 14.4. The Balaban J connectivity index is 1.76. The maximum Gasteiger partial charge on any atom is 0.410 e. The molecule has 25 heavy (non-hydrogen) atoms. The van der Waals surface area contributed by atoms with Crippen LogP contribution >= 0.6 is 0 Å². The molecular formula is C18H23FN2O4. The lowest BCUT2D eigenvalue weighted by molar-refractivity contribution is -0.122. The van der Waals surface area contributed by atoms with E-state index in [0.717, 1.165) is 5.56 Å². The number of halogens is 1. The summed E-state index contributed by atoms with van der Waals surface area (Å²) in [6, 6.07) is 3.15. The van der Waals surface area contributed by atoms with Crippen molar-refractivity contribution in [3.8, 4) is 5.75 Å². The van der Waals surface area contributed by atoms with Gasteiger partial charge in [-0.1, -0.05) is 0 Å². The Morgan fingerprint density at radius 2 is 2.12 bits per heavy atom. The number of ether oxygens (including phenoxy) is 2. The molecule has 7 heteroatoms. The predicted molar refractivity (Wildman–Crippen MR) is 90.3 cm³/mol. The minimum atomic E-state index is -0.720. The topological polar surface area (TPSA) is 67.9 Å². The van der Waals surface area contributed by atoms with Crippen molar-refractivity contribution < 1.29 is 23.5 Å². The molecule has 1 aromatic rings. The second-order valence-corrected chi connectivity index (χ2v) is 7.54. The third kappa shape index (κ3) is 3.70. The van der Waals surface area contributed by atoms with Crippen molar-refractivity contribution in [2.24, 2.45) is 0 Å². The van der Waals surface area contributed by atoms with Crippen LogP contribution in [0.5, 0.6) is 5.75 Å². The smallest absolute Gasteiger partial charge is 0.410 e. The summed E-state index contributed by atoms with van der Waals surface area (Å²) in [5.74, 6) is -0.748. The van der Waals surface area contributed by atoms with Gasteiger partial charge in [0, 0.05) is 19.0 Å². The second-order valence-electron chi connectivity index (χ2n) is 7.54. The zero-order chi connectivity index (χ0) is 18.4. The van der Waals surface area contributed by atoms with Gasteiger partial charge >= 0.3 is 6.09 Å². The number of amides is 2. The van der Waals surface area contributed by atoms with Crippen molar-refractivity contribution in [3.63, 3.8) is 0 Å². The van der Waals surface area contributed by atoms with Gasteiger partial charge in [-0.3, -0.25) is 4.79 Å². The average Bonchev–Trinajstić information content (AvgIpc) is 2.97. The molecule has 136 valence electrons. The Bertz CT molecular complexity index is 714. The molecule has 0 aliphatic carbocycles. The number of benzene rings is 1. The minimum Gasteiger partial charge on any atom is -0.476 e. The average molecular weight is 350 g/mol. The molecule has 1 N–H and O–H groups in total. The first kappa shape index (κ1) is 17.5. The predicted octanol–water partition coefficient (Wildman–Crippen LogP) is 3.27. The van der Waals surface area contributed by atoms with E-state index in [4.69, 9.17) is 9.47 Å². The highest BCUT2D eigenvalue weighted by atomic mass is 19.1. The number of nitrogens with zero attached hydrogens (tertiary/aromatic N) is 1. The van der Waals surface area contributed by atoms with E-state index in [-0.39, 0.29) is 23.7 Å². The third-order valence-corrected chi connectivity index (χ3v) is 4.30. The largest absolute Gasteiger partial charge is 0.476 e. The van der Waals surface area contributed by atoms with Gasteiger partial charge in [-0.25, -0.2) is 9.18 Å². The van der Waals surface area contributed by atoms with E-state index in [9.17, 15) is 14.0 Å². The number of hydrogen-bond donors (Lipinski definition) is 1. The number of likely N-dealkylation sites (tertiary alicyclic amines) is 1. The van der Waals surface area contributed by atoms with Gasteiger partial charge in [-0.15, -0.1) is 0 Å². The summed E-state index contributed by atoms with van der Waals surface area (Å²) in [6.07, 6.45) is -0.372. The van der Waals surface area contributed by atoms with E-state index < -0.39 is 17.5 Å². The molecule has 1 fully saturated rings. The molecule has 0 spiro atoms. The molecule has 0 aromatic heterocycles. The van der Waals surface area contributed by atoms with Crippen molar-refractivity contribution in [3.05, 3.63) is 23.5 Å². The van der Waals surface area contributed by atoms with E-state index in [0.29, 0.717) is 25.2 Å². The van der Waals surface area contributed by atoms with Crippen LogP contribution in [0.15, 0.2) is 12.1 Å². The molecule has 3 rings (SSSR count). The van der Waals surface area contributed by atoms with Gasteiger partial charge in [0.15, 0.2) is 17.7 Å². The quantitative estimate of drug-likeness (QED) is 0.844. The fraction of sp³-hybridized carbons (Fsp3) is 0.556. The van der Waals surface area contributed by atoms with Crippen LogP contribution in [0.4, 0.5) is 14.9 Å². The first-order valence-corrected chi connectivity index (χ1v) is 8.43. The van der Waals surface area contributed by atoms with Gasteiger partial charge in [0.2, 0.25) is 0 Å². The molecular weight excluding hydrogens is 327 g/mol. The number of hydrogen-bond acceptors (Lipinski definition) is 4. The zero-order valence-electron chi connectivity index (χ0n) is 14.9. The van der Waals surface area contributed by atoms with Crippen molar-refractivity contribution in [2.45, 2.75) is 51.7 Å². The van der Waals surface area contributed by atoms with Crippen LogP contribution in [0.3, 0.4) is 0 Å². The van der Waals surface area contributed by atoms with E-state index in [1.807, 2.05) is 20.8 Å². The number of fused-ring (bicyclic) bond motifs is 1. The summed E-state index contributed by atoms with van der Waals surface area (Å²) in [7, 11) is 0. The first-order chi connectivity index (χ1) is 11.6. The Kier molecular flexibility index (Phi) is 4.34. The van der Waals surface area contributed by atoms with Gasteiger partial charge < -0.3 is 19.7 Å². The van der Waals surface area contributed by atoms with E-state index in [1.165, 1.54) is 6.07 Å². The van der Waals surface area contributed by atoms with Crippen LogP contribution in [-0.2, 0) is 9.53 Å². The Labute approximate surface area is 146 Å². The number of rotatable bonds is 1. The van der Waals surface area contributed by atoms with Crippen LogP contribution in [0.1, 0.15) is 45.6 Å². The van der Waals surface area contributed by atoms with Crippen LogP contribution in [0, 0.1) is 5.82 Å². The third-order valence-electron chi connectivity index (χ3n) is 4.30. The highest BCUT2D eigenvalue weighted by Gasteiger charge is 2.33. The molecule has 2 aliphatic heterocycles. The van der Waals surface area contributed by atoms with E-state index in [1.54, 1.807) is 17.9 Å². The molecule has 2 aliphatic rings.